The molecule has 0 spiro atoms. The van der Waals surface area contributed by atoms with E-state index in [4.69, 9.17) is 4.42 Å². The van der Waals surface area contributed by atoms with Crippen molar-refractivity contribution in [3.05, 3.63) is 116 Å². The molecule has 3 aromatic carbocycles. The molecule has 0 aromatic heterocycles. The van der Waals surface area contributed by atoms with Crippen molar-refractivity contribution >= 4 is 34.0 Å². The van der Waals surface area contributed by atoms with Crippen LogP contribution in [0.4, 0.5) is 0 Å². The Kier molecular flexibility index (Phi) is 5.51. The standard InChI is InChI=1S/C27H21N3O4/c1-17(15-23(31)29-28-16-18-9-3-2-4-10-18)30-21-13-7-8-14-22(21)34-27-24(30)25(32)19-11-5-6-12-20(19)26(27)33/h2-14,16-17H,15H2,1H3,(H,29,31)/b28-16+. The summed E-state index contributed by atoms with van der Waals surface area (Å²) < 4.78 is 7.65. The third kappa shape index (κ3) is 3.77. The number of carbonyl (C=O) groups excluding carboxylic acids is 1. The summed E-state index contributed by atoms with van der Waals surface area (Å²) in [5.74, 6) is -0.319. The second-order valence-electron chi connectivity index (χ2n) is 8.08. The summed E-state index contributed by atoms with van der Waals surface area (Å²) in [7, 11) is 0. The molecule has 7 nitrogen and oxygen atoms in total. The van der Waals surface area contributed by atoms with Crippen LogP contribution in [-0.2, 0) is 4.79 Å². The van der Waals surface area contributed by atoms with Crippen molar-refractivity contribution < 1.29 is 9.21 Å². The van der Waals surface area contributed by atoms with Crippen LogP contribution in [0.1, 0.15) is 24.9 Å². The quantitative estimate of drug-likeness (QED) is 0.324. The van der Waals surface area contributed by atoms with Gasteiger partial charge < -0.3 is 8.98 Å². The topological polar surface area (TPSA) is 93.7 Å². The molecule has 1 heterocycles. The molecule has 0 saturated heterocycles. The summed E-state index contributed by atoms with van der Waals surface area (Å²) in [6.45, 7) is 1.82. The van der Waals surface area contributed by atoms with Crippen LogP contribution >= 0.6 is 0 Å². The van der Waals surface area contributed by atoms with Gasteiger partial charge in [0.25, 0.3) is 0 Å². The lowest BCUT2D eigenvalue weighted by atomic mass is 10.1. The summed E-state index contributed by atoms with van der Waals surface area (Å²) in [4.78, 5) is 39.3. The number of fused-ring (bicyclic) bond motifs is 2. The van der Waals surface area contributed by atoms with Gasteiger partial charge in [0.2, 0.25) is 22.2 Å². The van der Waals surface area contributed by atoms with Crippen molar-refractivity contribution in [3.63, 3.8) is 0 Å². The Bertz CT molecular complexity index is 1740. The minimum atomic E-state index is -0.455. The maximum absolute atomic E-state index is 13.5. The lowest BCUT2D eigenvalue weighted by molar-refractivity contribution is -0.121. The molecular formula is C27H21N3O4. The molecule has 34 heavy (non-hydrogen) atoms. The highest BCUT2D eigenvalue weighted by Gasteiger charge is 2.19. The largest absolute Gasteiger partial charge is 0.449 e. The Balaban J connectivity index is 1.61. The van der Waals surface area contributed by atoms with E-state index in [0.29, 0.717) is 21.9 Å². The number of nitrogens with zero attached hydrogens (tertiary/aromatic N) is 2. The number of carbonyl (C=O) groups is 1. The van der Waals surface area contributed by atoms with Crippen LogP contribution in [0.25, 0.3) is 21.9 Å². The number of amides is 1. The lowest BCUT2D eigenvalue weighted by Gasteiger charge is -2.19. The molecule has 3 aromatic rings. The third-order valence-corrected chi connectivity index (χ3v) is 5.75. The van der Waals surface area contributed by atoms with Gasteiger partial charge in [0, 0.05) is 23.2 Å². The van der Waals surface area contributed by atoms with Gasteiger partial charge in [0.1, 0.15) is 5.35 Å². The van der Waals surface area contributed by atoms with E-state index in [1.54, 1.807) is 53.2 Å². The van der Waals surface area contributed by atoms with Crippen LogP contribution in [0.5, 0.6) is 0 Å². The van der Waals surface area contributed by atoms with Crippen molar-refractivity contribution in [2.75, 3.05) is 0 Å². The predicted molar refractivity (Wildman–Crippen MR) is 131 cm³/mol. The van der Waals surface area contributed by atoms with E-state index in [9.17, 15) is 14.4 Å². The summed E-state index contributed by atoms with van der Waals surface area (Å²) in [5, 5.41) is 4.80. The molecule has 1 atom stereocenters. The van der Waals surface area contributed by atoms with E-state index in [-0.39, 0.29) is 34.0 Å². The number of rotatable bonds is 5. The van der Waals surface area contributed by atoms with Gasteiger partial charge in [-0.05, 0) is 24.6 Å². The van der Waals surface area contributed by atoms with Gasteiger partial charge in [-0.25, -0.2) is 5.43 Å². The molecule has 0 saturated carbocycles. The minimum absolute atomic E-state index is 0.0169. The molecule has 1 unspecified atom stereocenters. The summed E-state index contributed by atoms with van der Waals surface area (Å²) in [5.41, 5.74) is 3.79. The Morgan fingerprint density at radius 1 is 0.941 bits per heavy atom. The molecule has 1 aliphatic carbocycles. The maximum atomic E-state index is 13.5. The van der Waals surface area contributed by atoms with Crippen molar-refractivity contribution in [2.45, 2.75) is 19.4 Å². The summed E-state index contributed by atoms with van der Waals surface area (Å²) in [6, 6.07) is 22.8. The van der Waals surface area contributed by atoms with E-state index in [2.05, 4.69) is 10.5 Å². The number of hydrazone groups is 1. The average Bonchev–Trinajstić information content (AvgIpc) is 2.86. The monoisotopic (exact) mass is 451 g/mol. The van der Waals surface area contributed by atoms with Crippen molar-refractivity contribution in [1.82, 2.24) is 9.99 Å². The highest BCUT2D eigenvalue weighted by atomic mass is 16.3. The Morgan fingerprint density at radius 2 is 1.59 bits per heavy atom. The molecule has 0 bridgehead atoms. The molecule has 1 aliphatic heterocycles. The van der Waals surface area contributed by atoms with E-state index in [1.165, 1.54) is 0 Å². The second kappa shape index (κ2) is 8.78. The summed E-state index contributed by atoms with van der Waals surface area (Å²) >= 11 is 0. The minimum Gasteiger partial charge on any atom is -0.449 e. The predicted octanol–water partition coefficient (Wildman–Crippen LogP) is 3.93. The van der Waals surface area contributed by atoms with Crippen LogP contribution in [0.3, 0.4) is 0 Å². The van der Waals surface area contributed by atoms with Gasteiger partial charge in [-0.15, -0.1) is 0 Å². The SMILES string of the molecule is CC(CC(=O)N/N=C/c1ccccc1)n1c2c(=O)c3ccccc3c(=O)c=2oc2ccccc21. The number of aromatic nitrogens is 1. The van der Waals surface area contributed by atoms with E-state index >= 15 is 0 Å². The van der Waals surface area contributed by atoms with Crippen LogP contribution in [0.2, 0.25) is 0 Å². The zero-order valence-electron chi connectivity index (χ0n) is 18.4. The molecule has 5 rings (SSSR count). The van der Waals surface area contributed by atoms with Crippen molar-refractivity contribution in [3.8, 4) is 0 Å². The molecule has 1 N–H and O–H groups in total. The highest BCUT2D eigenvalue weighted by Crippen LogP contribution is 2.22. The zero-order valence-corrected chi connectivity index (χ0v) is 18.4. The molecule has 0 radical (unpaired) electrons. The van der Waals surface area contributed by atoms with Crippen LogP contribution in [-0.4, -0.2) is 16.7 Å². The lowest BCUT2D eigenvalue weighted by Crippen LogP contribution is -2.26. The first kappa shape index (κ1) is 21.3. The van der Waals surface area contributed by atoms with Crippen LogP contribution in [0.15, 0.2) is 98.0 Å². The molecule has 2 aliphatic rings. The van der Waals surface area contributed by atoms with Gasteiger partial charge >= 0.3 is 0 Å². The van der Waals surface area contributed by atoms with E-state index < -0.39 is 6.04 Å². The first-order valence-corrected chi connectivity index (χ1v) is 10.9. The maximum Gasteiger partial charge on any atom is 0.242 e. The number of benzene rings is 3. The van der Waals surface area contributed by atoms with Gasteiger partial charge in [-0.3, -0.25) is 14.4 Å². The second-order valence-corrected chi connectivity index (χ2v) is 8.08. The van der Waals surface area contributed by atoms with E-state index in [1.807, 2.05) is 43.3 Å². The third-order valence-electron chi connectivity index (χ3n) is 5.75. The first-order chi connectivity index (χ1) is 16.5. The average molecular weight is 451 g/mol. The Morgan fingerprint density at radius 3 is 2.35 bits per heavy atom. The fourth-order valence-electron chi connectivity index (χ4n) is 4.21. The fourth-order valence-corrected chi connectivity index (χ4v) is 4.21. The van der Waals surface area contributed by atoms with Gasteiger partial charge in [0.05, 0.1) is 11.7 Å². The fraction of sp³-hybridized carbons (Fsp3) is 0.111. The molecule has 0 fully saturated rings. The normalized spacial score (nSPS) is 12.5. The van der Waals surface area contributed by atoms with Gasteiger partial charge in [0.15, 0.2) is 5.58 Å². The van der Waals surface area contributed by atoms with Crippen LogP contribution < -0.4 is 16.3 Å². The van der Waals surface area contributed by atoms with Gasteiger partial charge in [-0.1, -0.05) is 66.7 Å². The van der Waals surface area contributed by atoms with Crippen molar-refractivity contribution in [2.24, 2.45) is 5.10 Å². The Hall–Kier alpha value is -4.52. The Labute approximate surface area is 193 Å². The smallest absolute Gasteiger partial charge is 0.242 e. The highest BCUT2D eigenvalue weighted by molar-refractivity contribution is 5.83. The summed E-state index contributed by atoms with van der Waals surface area (Å²) in [6.07, 6.45) is 1.61. The molecular weight excluding hydrogens is 430 g/mol. The van der Waals surface area contributed by atoms with Gasteiger partial charge in [-0.2, -0.15) is 5.10 Å². The van der Waals surface area contributed by atoms with Crippen LogP contribution in [0, 0.1) is 10.8 Å². The molecule has 168 valence electrons. The molecule has 1 amide bonds. The van der Waals surface area contributed by atoms with Crippen molar-refractivity contribution in [1.29, 1.82) is 0 Å². The number of hydrogen-bond acceptors (Lipinski definition) is 5. The number of nitrogens with one attached hydrogen (secondary N) is 1. The van der Waals surface area contributed by atoms with E-state index in [0.717, 1.165) is 5.56 Å². The molecule has 7 heteroatoms. The number of para-hydroxylation sites is 2. The first-order valence-electron chi connectivity index (χ1n) is 10.9. The zero-order chi connectivity index (χ0) is 23.7. The number of hydrogen-bond donors (Lipinski definition) is 1.